The van der Waals surface area contributed by atoms with E-state index in [0.29, 0.717) is 13.1 Å². The summed E-state index contributed by atoms with van der Waals surface area (Å²) in [7, 11) is 0. The van der Waals surface area contributed by atoms with Gasteiger partial charge in [0.15, 0.2) is 5.76 Å². The van der Waals surface area contributed by atoms with Crippen LogP contribution in [0.4, 0.5) is 0 Å². The number of aliphatic hydroxyl groups excluding tert-OH is 2. The molecule has 3 rings (SSSR count). The standard InChI is InChI=1S/C15H19N3O3/c19-10-12-3-6-18(9-15(12)20)8-13-7-14(17-21-13)11-1-4-16-5-2-11/h1-2,4-5,7,12,15,19-20H,3,6,8-10H2/t12-,15+/m1/s1. The molecule has 0 spiro atoms. The maximum atomic E-state index is 9.95. The minimum Gasteiger partial charge on any atom is -0.396 e. The highest BCUT2D eigenvalue weighted by molar-refractivity contribution is 5.57. The molecular weight excluding hydrogens is 270 g/mol. The van der Waals surface area contributed by atoms with E-state index in [0.717, 1.165) is 30.0 Å². The van der Waals surface area contributed by atoms with E-state index >= 15 is 0 Å². The fourth-order valence-corrected chi connectivity index (χ4v) is 2.67. The van der Waals surface area contributed by atoms with Crippen molar-refractivity contribution in [1.29, 1.82) is 0 Å². The molecule has 2 atom stereocenters. The normalized spacial score (nSPS) is 23.3. The molecule has 0 saturated carbocycles. The summed E-state index contributed by atoms with van der Waals surface area (Å²) in [5.74, 6) is 0.764. The third-order valence-electron chi connectivity index (χ3n) is 3.95. The first-order chi connectivity index (χ1) is 10.3. The summed E-state index contributed by atoms with van der Waals surface area (Å²) in [5, 5.41) is 23.2. The molecule has 0 aliphatic carbocycles. The van der Waals surface area contributed by atoms with Crippen LogP contribution < -0.4 is 0 Å². The predicted molar refractivity (Wildman–Crippen MR) is 76.2 cm³/mol. The highest BCUT2D eigenvalue weighted by Crippen LogP contribution is 2.22. The van der Waals surface area contributed by atoms with Crippen LogP contribution in [0, 0.1) is 5.92 Å². The zero-order chi connectivity index (χ0) is 14.7. The first-order valence-corrected chi connectivity index (χ1v) is 7.13. The third kappa shape index (κ3) is 3.29. The third-order valence-corrected chi connectivity index (χ3v) is 3.95. The lowest BCUT2D eigenvalue weighted by Gasteiger charge is -2.34. The molecule has 0 amide bonds. The fraction of sp³-hybridized carbons (Fsp3) is 0.467. The first-order valence-electron chi connectivity index (χ1n) is 7.13. The van der Waals surface area contributed by atoms with Crippen LogP contribution in [-0.4, -0.2) is 51.1 Å². The summed E-state index contributed by atoms with van der Waals surface area (Å²) in [5.41, 5.74) is 1.76. The van der Waals surface area contributed by atoms with Gasteiger partial charge in [0.2, 0.25) is 0 Å². The molecule has 21 heavy (non-hydrogen) atoms. The molecule has 3 heterocycles. The van der Waals surface area contributed by atoms with E-state index in [2.05, 4.69) is 15.0 Å². The summed E-state index contributed by atoms with van der Waals surface area (Å²) in [4.78, 5) is 6.10. The van der Waals surface area contributed by atoms with Crippen molar-refractivity contribution in [2.24, 2.45) is 5.92 Å². The highest BCUT2D eigenvalue weighted by Gasteiger charge is 2.27. The number of aliphatic hydroxyl groups is 2. The topological polar surface area (TPSA) is 82.6 Å². The second kappa shape index (κ2) is 6.34. The number of nitrogens with zero attached hydrogens (tertiary/aromatic N) is 3. The van der Waals surface area contributed by atoms with Crippen molar-refractivity contribution < 1.29 is 14.7 Å². The van der Waals surface area contributed by atoms with Gasteiger partial charge in [-0.1, -0.05) is 5.16 Å². The second-order valence-corrected chi connectivity index (χ2v) is 5.45. The smallest absolute Gasteiger partial charge is 0.151 e. The molecule has 2 aromatic heterocycles. The fourth-order valence-electron chi connectivity index (χ4n) is 2.67. The molecule has 0 aromatic carbocycles. The van der Waals surface area contributed by atoms with E-state index in [9.17, 15) is 5.11 Å². The molecule has 0 radical (unpaired) electrons. The number of aromatic nitrogens is 2. The van der Waals surface area contributed by atoms with Gasteiger partial charge in [-0.25, -0.2) is 0 Å². The van der Waals surface area contributed by atoms with Crippen LogP contribution in [0.1, 0.15) is 12.2 Å². The van der Waals surface area contributed by atoms with Crippen LogP contribution in [0.5, 0.6) is 0 Å². The Bertz CT molecular complexity index is 573. The van der Waals surface area contributed by atoms with Crippen molar-refractivity contribution >= 4 is 0 Å². The van der Waals surface area contributed by atoms with E-state index in [4.69, 9.17) is 9.63 Å². The van der Waals surface area contributed by atoms with E-state index < -0.39 is 6.10 Å². The molecule has 1 saturated heterocycles. The number of rotatable bonds is 4. The Balaban J connectivity index is 1.63. The van der Waals surface area contributed by atoms with Crippen molar-refractivity contribution in [3.05, 3.63) is 36.4 Å². The quantitative estimate of drug-likeness (QED) is 0.870. The van der Waals surface area contributed by atoms with Gasteiger partial charge in [-0.3, -0.25) is 9.88 Å². The lowest BCUT2D eigenvalue weighted by Crippen LogP contribution is -2.44. The molecule has 2 N–H and O–H groups in total. The van der Waals surface area contributed by atoms with Gasteiger partial charge in [-0.05, 0) is 25.1 Å². The van der Waals surface area contributed by atoms with Crippen molar-refractivity contribution in [2.75, 3.05) is 19.7 Å². The SMILES string of the molecule is OC[C@H]1CCN(Cc2cc(-c3ccncc3)no2)C[C@@H]1O. The summed E-state index contributed by atoms with van der Waals surface area (Å²) in [6.45, 7) is 2.06. The van der Waals surface area contributed by atoms with Crippen LogP contribution in [0.2, 0.25) is 0 Å². The number of pyridine rings is 1. The summed E-state index contributed by atoms with van der Waals surface area (Å²) in [6, 6.07) is 5.69. The van der Waals surface area contributed by atoms with E-state index in [1.165, 1.54) is 0 Å². The van der Waals surface area contributed by atoms with Gasteiger partial charge in [0, 0.05) is 43.1 Å². The lowest BCUT2D eigenvalue weighted by atomic mass is 9.95. The molecule has 0 bridgehead atoms. The van der Waals surface area contributed by atoms with E-state index in [1.807, 2.05) is 18.2 Å². The summed E-state index contributed by atoms with van der Waals surface area (Å²) in [6.07, 6.45) is 3.76. The van der Waals surface area contributed by atoms with Gasteiger partial charge >= 0.3 is 0 Å². The summed E-state index contributed by atoms with van der Waals surface area (Å²) >= 11 is 0. The molecule has 6 heteroatoms. The monoisotopic (exact) mass is 289 g/mol. The first kappa shape index (κ1) is 14.2. The van der Waals surface area contributed by atoms with Crippen LogP contribution in [-0.2, 0) is 6.54 Å². The van der Waals surface area contributed by atoms with Crippen molar-refractivity contribution in [1.82, 2.24) is 15.0 Å². The van der Waals surface area contributed by atoms with E-state index in [-0.39, 0.29) is 12.5 Å². The van der Waals surface area contributed by atoms with Gasteiger partial charge in [-0.2, -0.15) is 0 Å². The predicted octanol–water partition coefficient (Wildman–Crippen LogP) is 0.912. The molecule has 1 aliphatic heterocycles. The van der Waals surface area contributed by atoms with Crippen LogP contribution in [0.25, 0.3) is 11.3 Å². The number of hydrogen-bond donors (Lipinski definition) is 2. The Morgan fingerprint density at radius 2 is 2.14 bits per heavy atom. The highest BCUT2D eigenvalue weighted by atomic mass is 16.5. The molecule has 1 fully saturated rings. The van der Waals surface area contributed by atoms with Crippen LogP contribution in [0.15, 0.2) is 35.1 Å². The molecule has 1 aliphatic rings. The number of likely N-dealkylation sites (tertiary alicyclic amines) is 1. The minimum absolute atomic E-state index is 0.0108. The molecule has 0 unspecified atom stereocenters. The van der Waals surface area contributed by atoms with Crippen molar-refractivity contribution in [3.8, 4) is 11.3 Å². The Labute approximate surface area is 123 Å². The average Bonchev–Trinajstić information content (AvgIpc) is 2.97. The Morgan fingerprint density at radius 3 is 2.86 bits per heavy atom. The van der Waals surface area contributed by atoms with Crippen LogP contribution >= 0.6 is 0 Å². The molecule has 2 aromatic rings. The van der Waals surface area contributed by atoms with E-state index in [1.54, 1.807) is 12.4 Å². The zero-order valence-electron chi connectivity index (χ0n) is 11.7. The molecule has 112 valence electrons. The van der Waals surface area contributed by atoms with Crippen molar-refractivity contribution in [3.63, 3.8) is 0 Å². The maximum Gasteiger partial charge on any atom is 0.151 e. The second-order valence-electron chi connectivity index (χ2n) is 5.45. The number of β-amino-alcohol motifs (C(OH)–C–C–N with tert-alkyl or cyclic N) is 1. The molecular formula is C15H19N3O3. The largest absolute Gasteiger partial charge is 0.396 e. The van der Waals surface area contributed by atoms with Crippen LogP contribution in [0.3, 0.4) is 0 Å². The maximum absolute atomic E-state index is 9.95. The van der Waals surface area contributed by atoms with Gasteiger partial charge in [0.05, 0.1) is 12.6 Å². The number of hydrogen-bond acceptors (Lipinski definition) is 6. The zero-order valence-corrected chi connectivity index (χ0v) is 11.7. The van der Waals surface area contributed by atoms with Crippen molar-refractivity contribution in [2.45, 2.75) is 19.1 Å². The lowest BCUT2D eigenvalue weighted by molar-refractivity contribution is -0.00667. The minimum atomic E-state index is -0.480. The van der Waals surface area contributed by atoms with Gasteiger partial charge in [0.25, 0.3) is 0 Å². The van der Waals surface area contributed by atoms with Gasteiger partial charge in [-0.15, -0.1) is 0 Å². The Kier molecular flexibility index (Phi) is 4.28. The number of piperidine rings is 1. The van der Waals surface area contributed by atoms with Gasteiger partial charge < -0.3 is 14.7 Å². The average molecular weight is 289 g/mol. The van der Waals surface area contributed by atoms with Gasteiger partial charge in [0.1, 0.15) is 5.69 Å². The summed E-state index contributed by atoms with van der Waals surface area (Å²) < 4.78 is 5.37. The Morgan fingerprint density at radius 1 is 1.33 bits per heavy atom. The Hall–Kier alpha value is -1.76. The molecule has 6 nitrogen and oxygen atoms in total.